The Morgan fingerprint density at radius 1 is 1.37 bits per heavy atom. The predicted octanol–water partition coefficient (Wildman–Crippen LogP) is 0.267. The Hall–Kier alpha value is -1.65. The van der Waals surface area contributed by atoms with Crippen LogP contribution in [0.5, 0.6) is 0 Å². The van der Waals surface area contributed by atoms with E-state index in [1.54, 1.807) is 6.26 Å². The van der Waals surface area contributed by atoms with E-state index in [0.717, 1.165) is 24.3 Å². The fourth-order valence-corrected chi connectivity index (χ4v) is 2.29. The third-order valence-corrected chi connectivity index (χ3v) is 3.77. The summed E-state index contributed by atoms with van der Waals surface area (Å²) >= 11 is 1.24. The van der Waals surface area contributed by atoms with Crippen LogP contribution < -0.4 is 10.3 Å². The van der Waals surface area contributed by atoms with Gasteiger partial charge in [-0.05, 0) is 18.4 Å². The van der Waals surface area contributed by atoms with Gasteiger partial charge in [0, 0.05) is 12.1 Å². The number of carbonyl (C=O) groups is 1. The monoisotopic (exact) mass is 305 g/mol. The van der Waals surface area contributed by atoms with E-state index in [1.807, 2.05) is 10.3 Å². The molecule has 19 heavy (non-hydrogen) atoms. The van der Waals surface area contributed by atoms with Crippen LogP contribution in [-0.4, -0.2) is 31.3 Å². The Morgan fingerprint density at radius 3 is 2.42 bits per heavy atom. The lowest BCUT2D eigenvalue weighted by atomic mass is 10.3. The average molecular weight is 305 g/mol. The molecule has 0 aliphatic heterocycles. The van der Waals surface area contributed by atoms with Crippen LogP contribution in [0.1, 0.15) is 0 Å². The summed E-state index contributed by atoms with van der Waals surface area (Å²) in [6.07, 6.45) is 1.70. The van der Waals surface area contributed by atoms with Crippen LogP contribution in [0.25, 0.3) is 0 Å². The smallest absolute Gasteiger partial charge is 0.269 e. The Labute approximate surface area is 113 Å². The van der Waals surface area contributed by atoms with Crippen LogP contribution >= 0.6 is 11.8 Å². The summed E-state index contributed by atoms with van der Waals surface area (Å²) in [5, 5.41) is 10.4. The predicted molar refractivity (Wildman–Crippen MR) is 69.9 cm³/mol. The molecule has 0 aromatic heterocycles. The van der Waals surface area contributed by atoms with Gasteiger partial charge in [0.05, 0.1) is 15.6 Å². The Kier molecular flexibility index (Phi) is 5.27. The summed E-state index contributed by atoms with van der Waals surface area (Å²) in [4.78, 5) is 22.6. The fourth-order valence-electron chi connectivity index (χ4n) is 1.10. The van der Waals surface area contributed by atoms with Crippen molar-refractivity contribution in [1.82, 2.24) is 10.3 Å². The van der Waals surface area contributed by atoms with Crippen molar-refractivity contribution in [2.75, 3.05) is 12.0 Å². The number of nitro groups is 1. The van der Waals surface area contributed by atoms with E-state index >= 15 is 0 Å². The third kappa shape index (κ3) is 4.50. The topological polar surface area (TPSA) is 118 Å². The van der Waals surface area contributed by atoms with Crippen LogP contribution in [0.15, 0.2) is 29.2 Å². The highest BCUT2D eigenvalue weighted by molar-refractivity contribution is 7.99. The second kappa shape index (κ2) is 6.50. The zero-order valence-electron chi connectivity index (χ0n) is 9.82. The number of benzene rings is 1. The summed E-state index contributed by atoms with van der Waals surface area (Å²) < 4.78 is 23.4. The molecule has 0 aliphatic carbocycles. The number of non-ortho nitro benzene ring substituents is 1. The molecular formula is C9H11N3O5S2. The zero-order valence-corrected chi connectivity index (χ0v) is 11.5. The molecule has 1 aromatic rings. The largest absolute Gasteiger partial charge is 0.277 e. The molecule has 1 aromatic carbocycles. The lowest BCUT2D eigenvalue weighted by molar-refractivity contribution is -0.384. The number of hydrogen-bond donors (Lipinski definition) is 2. The molecule has 0 unspecified atom stereocenters. The Balaban J connectivity index is 2.77. The van der Waals surface area contributed by atoms with Gasteiger partial charge in [0.25, 0.3) is 15.7 Å². The third-order valence-electron chi connectivity index (χ3n) is 1.96. The summed E-state index contributed by atoms with van der Waals surface area (Å²) in [5.74, 6) is -0.374. The lowest BCUT2D eigenvalue weighted by Crippen LogP contribution is -2.42. The molecular weight excluding hydrogens is 294 g/mol. The molecule has 0 fully saturated rings. The summed E-state index contributed by atoms with van der Waals surface area (Å²) in [6, 6.07) is 4.30. The maximum Gasteiger partial charge on any atom is 0.269 e. The molecule has 1 rings (SSSR count). The van der Waals surface area contributed by atoms with Crippen molar-refractivity contribution >= 4 is 33.4 Å². The average Bonchev–Trinajstić information content (AvgIpc) is 2.37. The van der Waals surface area contributed by atoms with Crippen molar-refractivity contribution in [3.8, 4) is 0 Å². The summed E-state index contributed by atoms with van der Waals surface area (Å²) in [6.45, 7) is 0. The van der Waals surface area contributed by atoms with Crippen molar-refractivity contribution in [2.24, 2.45) is 0 Å². The molecule has 0 saturated carbocycles. The maximum atomic E-state index is 11.7. The van der Waals surface area contributed by atoms with Crippen molar-refractivity contribution in [3.05, 3.63) is 34.4 Å². The standard InChI is InChI=1S/C9H11N3O5S2/c1-18-6-9(13)10-11-19(16,17)8-4-2-7(3-5-8)12(14)15/h2-5,11H,6H2,1H3,(H,10,13). The normalized spacial score (nSPS) is 11.0. The number of hydrogen-bond acceptors (Lipinski definition) is 6. The minimum Gasteiger partial charge on any atom is -0.277 e. The van der Waals surface area contributed by atoms with E-state index in [9.17, 15) is 23.3 Å². The quantitative estimate of drug-likeness (QED) is 0.575. The minimum absolute atomic E-state index is 0.114. The second-order valence-electron chi connectivity index (χ2n) is 3.34. The van der Waals surface area contributed by atoms with Crippen LogP contribution in [0, 0.1) is 10.1 Å². The van der Waals surface area contributed by atoms with E-state index in [-0.39, 0.29) is 16.3 Å². The minimum atomic E-state index is -3.93. The number of hydrazine groups is 1. The van der Waals surface area contributed by atoms with Gasteiger partial charge < -0.3 is 0 Å². The van der Waals surface area contributed by atoms with Crippen LogP contribution in [0.3, 0.4) is 0 Å². The number of nitrogens with zero attached hydrogens (tertiary/aromatic N) is 1. The first-order valence-corrected chi connectivity index (χ1v) is 7.78. The Morgan fingerprint density at radius 2 is 1.95 bits per heavy atom. The summed E-state index contributed by atoms with van der Waals surface area (Å²) in [5.41, 5.74) is 1.81. The van der Waals surface area contributed by atoms with Crippen molar-refractivity contribution < 1.29 is 18.1 Å². The molecule has 2 N–H and O–H groups in total. The number of sulfonamides is 1. The summed E-state index contributed by atoms with van der Waals surface area (Å²) in [7, 11) is -3.93. The van der Waals surface area contributed by atoms with E-state index in [0.29, 0.717) is 0 Å². The van der Waals surface area contributed by atoms with Gasteiger partial charge in [-0.25, -0.2) is 8.42 Å². The van der Waals surface area contributed by atoms with E-state index in [4.69, 9.17) is 0 Å². The number of nitrogens with one attached hydrogen (secondary N) is 2. The Bertz CT molecular complexity index is 570. The van der Waals surface area contributed by atoms with E-state index in [1.165, 1.54) is 11.8 Å². The number of carbonyl (C=O) groups excluding carboxylic acids is 1. The van der Waals surface area contributed by atoms with Gasteiger partial charge in [0.15, 0.2) is 0 Å². The highest BCUT2D eigenvalue weighted by Gasteiger charge is 2.16. The second-order valence-corrected chi connectivity index (χ2v) is 5.89. The first-order chi connectivity index (χ1) is 8.86. The maximum absolute atomic E-state index is 11.7. The SMILES string of the molecule is CSCC(=O)NNS(=O)(=O)c1ccc([N+](=O)[O-])cc1. The molecule has 0 heterocycles. The molecule has 0 spiro atoms. The number of amides is 1. The van der Waals surface area contributed by atoms with Crippen molar-refractivity contribution in [2.45, 2.75) is 4.90 Å². The molecule has 1 amide bonds. The highest BCUT2D eigenvalue weighted by atomic mass is 32.2. The van der Waals surface area contributed by atoms with Crippen LogP contribution in [0.4, 0.5) is 5.69 Å². The molecule has 8 nitrogen and oxygen atoms in total. The first-order valence-electron chi connectivity index (χ1n) is 4.91. The first kappa shape index (κ1) is 15.4. The zero-order chi connectivity index (χ0) is 14.5. The molecule has 0 aliphatic rings. The van der Waals surface area contributed by atoms with E-state index in [2.05, 4.69) is 0 Å². The van der Waals surface area contributed by atoms with Crippen LogP contribution in [0.2, 0.25) is 0 Å². The number of nitro benzene ring substituents is 1. The number of rotatable bonds is 6. The fraction of sp³-hybridized carbons (Fsp3) is 0.222. The molecule has 0 radical (unpaired) electrons. The van der Waals surface area contributed by atoms with Crippen molar-refractivity contribution in [1.29, 1.82) is 0 Å². The molecule has 0 atom stereocenters. The lowest BCUT2D eigenvalue weighted by Gasteiger charge is -2.07. The van der Waals surface area contributed by atoms with E-state index < -0.39 is 20.9 Å². The molecule has 104 valence electrons. The van der Waals surface area contributed by atoms with Gasteiger partial charge in [-0.3, -0.25) is 20.3 Å². The van der Waals surface area contributed by atoms with Gasteiger partial charge in [-0.15, -0.1) is 4.83 Å². The molecule has 0 bridgehead atoms. The van der Waals surface area contributed by atoms with Gasteiger partial charge >= 0.3 is 0 Å². The number of thioether (sulfide) groups is 1. The van der Waals surface area contributed by atoms with Gasteiger partial charge in [-0.2, -0.15) is 11.8 Å². The van der Waals surface area contributed by atoms with Gasteiger partial charge in [0.2, 0.25) is 5.91 Å². The molecule has 10 heteroatoms. The van der Waals surface area contributed by atoms with Crippen LogP contribution in [-0.2, 0) is 14.8 Å². The molecule has 0 saturated heterocycles. The highest BCUT2D eigenvalue weighted by Crippen LogP contribution is 2.15. The van der Waals surface area contributed by atoms with Gasteiger partial charge in [0.1, 0.15) is 0 Å². The van der Waals surface area contributed by atoms with Gasteiger partial charge in [-0.1, -0.05) is 0 Å². The van der Waals surface area contributed by atoms with Crippen molar-refractivity contribution in [3.63, 3.8) is 0 Å².